The monoisotopic (exact) mass is 400 g/mol. The van der Waals surface area contributed by atoms with Crippen molar-refractivity contribution in [2.24, 2.45) is 0 Å². The molecule has 6 heteroatoms. The van der Waals surface area contributed by atoms with E-state index in [0.29, 0.717) is 5.92 Å². The molecule has 6 nitrogen and oxygen atoms in total. The van der Waals surface area contributed by atoms with Gasteiger partial charge < -0.3 is 0 Å². The van der Waals surface area contributed by atoms with Crippen LogP contribution < -0.4 is 0 Å². The first-order valence-corrected chi connectivity index (χ1v) is 10.9. The Hall–Kier alpha value is -2.99. The van der Waals surface area contributed by atoms with Crippen molar-refractivity contribution in [1.82, 2.24) is 29.4 Å². The molecule has 0 N–H and O–H groups in total. The number of benzene rings is 1. The van der Waals surface area contributed by atoms with Crippen LogP contribution in [0.4, 0.5) is 0 Å². The average Bonchev–Trinajstić information content (AvgIpc) is 3.45. The summed E-state index contributed by atoms with van der Waals surface area (Å²) < 4.78 is 3.94. The highest BCUT2D eigenvalue weighted by Gasteiger charge is 2.23. The molecule has 154 valence electrons. The summed E-state index contributed by atoms with van der Waals surface area (Å²) in [5.41, 5.74) is 4.68. The molecular weight excluding hydrogens is 372 g/mol. The Morgan fingerprint density at radius 2 is 1.97 bits per heavy atom. The van der Waals surface area contributed by atoms with E-state index < -0.39 is 0 Å². The lowest BCUT2D eigenvalue weighted by Crippen LogP contribution is -2.34. The summed E-state index contributed by atoms with van der Waals surface area (Å²) in [5, 5.41) is 9.95. The van der Waals surface area contributed by atoms with Gasteiger partial charge in [-0.25, -0.2) is 14.3 Å². The summed E-state index contributed by atoms with van der Waals surface area (Å²) in [6.45, 7) is 6.28. The van der Waals surface area contributed by atoms with Crippen LogP contribution in [0.15, 0.2) is 61.1 Å². The third-order valence-electron chi connectivity index (χ3n) is 5.98. The topological polar surface area (TPSA) is 51.8 Å². The van der Waals surface area contributed by atoms with Gasteiger partial charge in [0.1, 0.15) is 0 Å². The molecule has 1 aromatic carbocycles. The minimum absolute atomic E-state index is 0.483. The summed E-state index contributed by atoms with van der Waals surface area (Å²) in [6, 6.07) is 15.1. The molecule has 1 fully saturated rings. The van der Waals surface area contributed by atoms with E-state index >= 15 is 0 Å². The number of likely N-dealkylation sites (tertiary alicyclic amines) is 1. The van der Waals surface area contributed by atoms with Gasteiger partial charge in [-0.2, -0.15) is 10.2 Å². The fourth-order valence-electron chi connectivity index (χ4n) is 4.45. The molecule has 0 amide bonds. The molecule has 0 radical (unpaired) electrons. The number of pyridine rings is 1. The summed E-state index contributed by atoms with van der Waals surface area (Å²) in [5.74, 6) is 0.483. The smallest absolute Gasteiger partial charge is 0.157 e. The minimum atomic E-state index is 0.483. The van der Waals surface area contributed by atoms with E-state index in [1.165, 1.54) is 24.1 Å². The Bertz CT molecular complexity index is 1100. The predicted octanol–water partition coefficient (Wildman–Crippen LogP) is 4.41. The highest BCUT2D eigenvalue weighted by Crippen LogP contribution is 2.28. The minimum Gasteiger partial charge on any atom is -0.298 e. The molecule has 0 bridgehead atoms. The van der Waals surface area contributed by atoms with E-state index in [1.54, 1.807) is 0 Å². The number of rotatable bonds is 6. The van der Waals surface area contributed by atoms with E-state index in [2.05, 4.69) is 58.4 Å². The maximum absolute atomic E-state index is 5.02. The van der Waals surface area contributed by atoms with E-state index in [4.69, 9.17) is 4.98 Å². The van der Waals surface area contributed by atoms with Crippen LogP contribution in [0.5, 0.6) is 0 Å². The van der Waals surface area contributed by atoms with Crippen molar-refractivity contribution in [3.8, 4) is 5.69 Å². The van der Waals surface area contributed by atoms with Crippen molar-refractivity contribution in [2.45, 2.75) is 45.2 Å². The summed E-state index contributed by atoms with van der Waals surface area (Å²) >= 11 is 0. The standard InChI is InChI=1S/C24H28N6/c1-2-13-30-24-20(16-26-30)8-11-23(27-24)21-5-3-14-28(18-21)17-19-6-9-22(10-7-19)29-15-4-12-25-29/h4,6-12,15-16,21H,2-3,5,13-14,17-18H2,1H3. The molecule has 1 atom stereocenters. The second kappa shape index (κ2) is 8.40. The number of hydrogen-bond donors (Lipinski definition) is 0. The number of fused-ring (bicyclic) bond motifs is 1. The molecule has 0 spiro atoms. The van der Waals surface area contributed by atoms with E-state index in [1.807, 2.05) is 34.0 Å². The van der Waals surface area contributed by atoms with Gasteiger partial charge in [0.2, 0.25) is 0 Å². The highest BCUT2D eigenvalue weighted by molar-refractivity contribution is 5.74. The normalized spacial score (nSPS) is 17.6. The largest absolute Gasteiger partial charge is 0.298 e. The fourth-order valence-corrected chi connectivity index (χ4v) is 4.45. The van der Waals surface area contributed by atoms with Crippen LogP contribution >= 0.6 is 0 Å². The second-order valence-electron chi connectivity index (χ2n) is 8.21. The zero-order valence-electron chi connectivity index (χ0n) is 17.5. The van der Waals surface area contributed by atoms with Crippen LogP contribution in [-0.2, 0) is 13.1 Å². The van der Waals surface area contributed by atoms with Crippen LogP contribution in [0.25, 0.3) is 16.7 Å². The Kier molecular flexibility index (Phi) is 5.32. The van der Waals surface area contributed by atoms with Gasteiger partial charge in [-0.3, -0.25) is 4.90 Å². The van der Waals surface area contributed by atoms with Crippen LogP contribution in [0, 0.1) is 0 Å². The Morgan fingerprint density at radius 1 is 1.07 bits per heavy atom. The third-order valence-corrected chi connectivity index (χ3v) is 5.98. The van der Waals surface area contributed by atoms with Gasteiger partial charge in [-0.05, 0) is 61.7 Å². The van der Waals surface area contributed by atoms with Crippen LogP contribution in [0.2, 0.25) is 0 Å². The van der Waals surface area contributed by atoms with Gasteiger partial charge in [0.25, 0.3) is 0 Å². The lowest BCUT2D eigenvalue weighted by atomic mass is 9.93. The first-order valence-electron chi connectivity index (χ1n) is 10.9. The molecule has 0 saturated carbocycles. The average molecular weight is 401 g/mol. The van der Waals surface area contributed by atoms with Gasteiger partial charge in [-0.1, -0.05) is 19.1 Å². The van der Waals surface area contributed by atoms with Gasteiger partial charge >= 0.3 is 0 Å². The van der Waals surface area contributed by atoms with Crippen molar-refractivity contribution < 1.29 is 0 Å². The zero-order chi connectivity index (χ0) is 20.3. The van der Waals surface area contributed by atoms with Crippen molar-refractivity contribution in [3.63, 3.8) is 0 Å². The summed E-state index contributed by atoms with van der Waals surface area (Å²) in [4.78, 5) is 7.58. The van der Waals surface area contributed by atoms with E-state index in [-0.39, 0.29) is 0 Å². The molecule has 4 heterocycles. The number of hydrogen-bond acceptors (Lipinski definition) is 4. The molecule has 3 aromatic heterocycles. The maximum Gasteiger partial charge on any atom is 0.157 e. The Labute approximate surface area is 177 Å². The van der Waals surface area contributed by atoms with Crippen LogP contribution in [0.3, 0.4) is 0 Å². The molecule has 1 aliphatic heterocycles. The zero-order valence-corrected chi connectivity index (χ0v) is 17.5. The van der Waals surface area contributed by atoms with Crippen LogP contribution in [0.1, 0.15) is 43.4 Å². The molecule has 4 aromatic rings. The summed E-state index contributed by atoms with van der Waals surface area (Å²) in [7, 11) is 0. The molecule has 1 saturated heterocycles. The van der Waals surface area contributed by atoms with E-state index in [9.17, 15) is 0 Å². The Morgan fingerprint density at radius 3 is 2.77 bits per heavy atom. The first kappa shape index (κ1) is 19.0. The molecule has 30 heavy (non-hydrogen) atoms. The Balaban J connectivity index is 1.29. The van der Waals surface area contributed by atoms with Crippen molar-refractivity contribution in [2.75, 3.05) is 13.1 Å². The molecule has 5 rings (SSSR count). The van der Waals surface area contributed by atoms with Gasteiger partial charge in [0.15, 0.2) is 5.65 Å². The van der Waals surface area contributed by atoms with Crippen LogP contribution in [-0.4, -0.2) is 42.5 Å². The lowest BCUT2D eigenvalue weighted by molar-refractivity contribution is 0.198. The predicted molar refractivity (Wildman–Crippen MR) is 119 cm³/mol. The molecule has 0 aliphatic carbocycles. The van der Waals surface area contributed by atoms with Crippen molar-refractivity contribution in [3.05, 3.63) is 72.3 Å². The third kappa shape index (κ3) is 3.87. The SMILES string of the molecule is CCCn1ncc2ccc(C3CCCN(Cc4ccc(-n5cccn5)cc4)C3)nc21. The van der Waals surface area contributed by atoms with Crippen molar-refractivity contribution in [1.29, 1.82) is 0 Å². The van der Waals surface area contributed by atoms with Gasteiger partial charge in [0, 0.05) is 49.0 Å². The molecular formula is C24H28N6. The van der Waals surface area contributed by atoms with Gasteiger partial charge in [-0.15, -0.1) is 0 Å². The van der Waals surface area contributed by atoms with E-state index in [0.717, 1.165) is 49.3 Å². The van der Waals surface area contributed by atoms with Gasteiger partial charge in [0.05, 0.1) is 11.9 Å². The fraction of sp³-hybridized carbons (Fsp3) is 0.375. The lowest BCUT2D eigenvalue weighted by Gasteiger charge is -2.32. The number of piperidine rings is 1. The number of aromatic nitrogens is 5. The van der Waals surface area contributed by atoms with Crippen molar-refractivity contribution >= 4 is 11.0 Å². The quantitative estimate of drug-likeness (QED) is 0.481. The molecule has 1 aliphatic rings. The second-order valence-corrected chi connectivity index (χ2v) is 8.21. The molecule has 1 unspecified atom stereocenters. The number of nitrogens with zero attached hydrogens (tertiary/aromatic N) is 6. The number of aryl methyl sites for hydroxylation is 1. The first-order chi connectivity index (χ1) is 14.8. The maximum atomic E-state index is 5.02. The summed E-state index contributed by atoms with van der Waals surface area (Å²) in [6.07, 6.45) is 9.20. The highest BCUT2D eigenvalue weighted by atomic mass is 15.3.